The summed E-state index contributed by atoms with van der Waals surface area (Å²) in [7, 11) is 3.23. The minimum atomic E-state index is 0.439. The molecule has 0 aromatic carbocycles. The lowest BCUT2D eigenvalue weighted by Gasteiger charge is -2.18. The van der Waals surface area contributed by atoms with Crippen LogP contribution in [0.1, 0.15) is 25.0 Å². The van der Waals surface area contributed by atoms with E-state index in [9.17, 15) is 0 Å². The van der Waals surface area contributed by atoms with E-state index in [-0.39, 0.29) is 0 Å². The highest BCUT2D eigenvalue weighted by Gasteiger charge is 2.26. The number of aromatic nitrogens is 1. The Morgan fingerprint density at radius 3 is 2.75 bits per heavy atom. The Balaban J connectivity index is 1.91. The third-order valence-electron chi connectivity index (χ3n) is 4.06. The lowest BCUT2D eigenvalue weighted by Crippen LogP contribution is -2.22. The van der Waals surface area contributed by atoms with Gasteiger partial charge in [0, 0.05) is 12.3 Å². The fourth-order valence-corrected chi connectivity index (χ4v) is 2.90. The molecule has 2 N–H and O–H groups in total. The summed E-state index contributed by atoms with van der Waals surface area (Å²) in [6, 6.07) is 1.78. The molecule has 2 unspecified atom stereocenters. The van der Waals surface area contributed by atoms with Crippen LogP contribution in [0.2, 0.25) is 0 Å². The lowest BCUT2D eigenvalue weighted by atomic mass is 9.97. The summed E-state index contributed by atoms with van der Waals surface area (Å²) in [6.07, 6.45) is 5.41. The molecule has 1 fully saturated rings. The van der Waals surface area contributed by atoms with Gasteiger partial charge in [-0.05, 0) is 31.2 Å². The first-order valence-corrected chi connectivity index (χ1v) is 7.13. The molecule has 2 atom stereocenters. The van der Waals surface area contributed by atoms with Gasteiger partial charge in [-0.15, -0.1) is 0 Å². The van der Waals surface area contributed by atoms with E-state index in [2.05, 4.69) is 4.98 Å². The topological polar surface area (TPSA) is 66.6 Å². The summed E-state index contributed by atoms with van der Waals surface area (Å²) < 4.78 is 16.4. The van der Waals surface area contributed by atoms with Crippen LogP contribution in [0.3, 0.4) is 0 Å². The summed E-state index contributed by atoms with van der Waals surface area (Å²) in [4.78, 5) is 4.31. The Kier molecular flexibility index (Phi) is 5.61. The second-order valence-corrected chi connectivity index (χ2v) is 5.20. The average Bonchev–Trinajstić information content (AvgIpc) is 2.94. The Hall–Kier alpha value is -1.33. The van der Waals surface area contributed by atoms with Gasteiger partial charge in [-0.1, -0.05) is 6.42 Å². The molecule has 1 saturated carbocycles. The number of methoxy groups -OCH3 is 2. The zero-order valence-electron chi connectivity index (χ0n) is 12.3. The third-order valence-corrected chi connectivity index (χ3v) is 4.06. The van der Waals surface area contributed by atoms with Crippen LogP contribution in [0.5, 0.6) is 11.5 Å². The molecule has 0 amide bonds. The van der Waals surface area contributed by atoms with Gasteiger partial charge in [0.15, 0.2) is 11.5 Å². The van der Waals surface area contributed by atoms with E-state index >= 15 is 0 Å². The lowest BCUT2D eigenvalue weighted by molar-refractivity contribution is 0.0718. The first kappa shape index (κ1) is 15.1. The van der Waals surface area contributed by atoms with E-state index in [1.807, 2.05) is 0 Å². The van der Waals surface area contributed by atoms with Crippen LogP contribution in [0.15, 0.2) is 12.3 Å². The first-order valence-electron chi connectivity index (χ1n) is 7.13. The molecule has 1 aliphatic rings. The number of hydrogen-bond acceptors (Lipinski definition) is 5. The number of nitrogens with zero attached hydrogens (tertiary/aromatic N) is 1. The Labute approximate surface area is 120 Å². The molecule has 1 aromatic rings. The monoisotopic (exact) mass is 280 g/mol. The third kappa shape index (κ3) is 3.41. The zero-order chi connectivity index (χ0) is 14.4. The predicted octanol–water partition coefficient (Wildman–Crippen LogP) is 1.99. The fourth-order valence-electron chi connectivity index (χ4n) is 2.90. The molecule has 0 aliphatic heterocycles. The molecule has 0 spiro atoms. The van der Waals surface area contributed by atoms with Crippen molar-refractivity contribution in [2.24, 2.45) is 17.6 Å². The average molecular weight is 280 g/mol. The maximum atomic E-state index is 5.82. The SMILES string of the molecule is COc1ccnc(COCC2CCCC2CN)c1OC. The van der Waals surface area contributed by atoms with Crippen molar-refractivity contribution in [3.63, 3.8) is 0 Å². The van der Waals surface area contributed by atoms with Crippen molar-refractivity contribution in [3.8, 4) is 11.5 Å². The normalized spacial score (nSPS) is 21.9. The van der Waals surface area contributed by atoms with Crippen molar-refractivity contribution >= 4 is 0 Å². The van der Waals surface area contributed by atoms with Gasteiger partial charge in [-0.25, -0.2) is 0 Å². The molecule has 0 radical (unpaired) electrons. The van der Waals surface area contributed by atoms with Crippen molar-refractivity contribution in [1.82, 2.24) is 4.98 Å². The van der Waals surface area contributed by atoms with E-state index in [1.54, 1.807) is 26.5 Å². The van der Waals surface area contributed by atoms with Gasteiger partial charge in [-0.2, -0.15) is 0 Å². The molecule has 20 heavy (non-hydrogen) atoms. The van der Waals surface area contributed by atoms with Gasteiger partial charge >= 0.3 is 0 Å². The second kappa shape index (κ2) is 7.45. The van der Waals surface area contributed by atoms with Crippen LogP contribution in [-0.2, 0) is 11.3 Å². The van der Waals surface area contributed by atoms with Gasteiger partial charge in [0.1, 0.15) is 5.69 Å². The van der Waals surface area contributed by atoms with E-state index in [1.165, 1.54) is 19.3 Å². The van der Waals surface area contributed by atoms with E-state index in [0.29, 0.717) is 29.9 Å². The predicted molar refractivity (Wildman–Crippen MR) is 76.9 cm³/mol. The zero-order valence-corrected chi connectivity index (χ0v) is 12.3. The van der Waals surface area contributed by atoms with Gasteiger partial charge in [0.05, 0.1) is 27.4 Å². The molecule has 0 saturated heterocycles. The van der Waals surface area contributed by atoms with E-state index in [4.69, 9.17) is 19.9 Å². The molecule has 2 rings (SSSR count). The maximum Gasteiger partial charge on any atom is 0.184 e. The van der Waals surface area contributed by atoms with Crippen LogP contribution >= 0.6 is 0 Å². The largest absolute Gasteiger partial charge is 0.493 e. The van der Waals surface area contributed by atoms with Gasteiger partial charge in [0.2, 0.25) is 0 Å². The van der Waals surface area contributed by atoms with Crippen LogP contribution < -0.4 is 15.2 Å². The summed E-state index contributed by atoms with van der Waals surface area (Å²) in [5.41, 5.74) is 6.56. The van der Waals surface area contributed by atoms with Gasteiger partial charge < -0.3 is 19.9 Å². The molecule has 1 aliphatic carbocycles. The fraction of sp³-hybridized carbons (Fsp3) is 0.667. The van der Waals surface area contributed by atoms with Crippen LogP contribution in [0, 0.1) is 11.8 Å². The first-order chi connectivity index (χ1) is 9.80. The molecular weight excluding hydrogens is 256 g/mol. The molecule has 1 heterocycles. The van der Waals surface area contributed by atoms with Crippen LogP contribution in [-0.4, -0.2) is 32.4 Å². The van der Waals surface area contributed by atoms with Crippen molar-refractivity contribution in [1.29, 1.82) is 0 Å². The Morgan fingerprint density at radius 2 is 2.05 bits per heavy atom. The number of pyridine rings is 1. The minimum absolute atomic E-state index is 0.439. The molecule has 5 nitrogen and oxygen atoms in total. The summed E-state index contributed by atoms with van der Waals surface area (Å²) >= 11 is 0. The summed E-state index contributed by atoms with van der Waals surface area (Å²) in [6.45, 7) is 1.94. The summed E-state index contributed by atoms with van der Waals surface area (Å²) in [5.74, 6) is 2.52. The van der Waals surface area contributed by atoms with Crippen LogP contribution in [0.25, 0.3) is 0 Å². The van der Waals surface area contributed by atoms with Crippen molar-refractivity contribution in [3.05, 3.63) is 18.0 Å². The van der Waals surface area contributed by atoms with Crippen molar-refractivity contribution in [2.75, 3.05) is 27.4 Å². The Bertz CT molecular complexity index is 426. The molecule has 0 bridgehead atoms. The number of hydrogen-bond donors (Lipinski definition) is 1. The van der Waals surface area contributed by atoms with Crippen molar-refractivity contribution < 1.29 is 14.2 Å². The smallest absolute Gasteiger partial charge is 0.184 e. The van der Waals surface area contributed by atoms with Crippen molar-refractivity contribution in [2.45, 2.75) is 25.9 Å². The number of ether oxygens (including phenoxy) is 3. The summed E-state index contributed by atoms with van der Waals surface area (Å²) in [5, 5.41) is 0. The van der Waals surface area contributed by atoms with Gasteiger partial charge in [0.25, 0.3) is 0 Å². The Morgan fingerprint density at radius 1 is 1.25 bits per heavy atom. The highest BCUT2D eigenvalue weighted by Crippen LogP contribution is 2.32. The molecule has 112 valence electrons. The molecule has 5 heteroatoms. The van der Waals surface area contributed by atoms with E-state index in [0.717, 1.165) is 18.8 Å². The quantitative estimate of drug-likeness (QED) is 0.827. The van der Waals surface area contributed by atoms with E-state index < -0.39 is 0 Å². The van der Waals surface area contributed by atoms with Gasteiger partial charge in [-0.3, -0.25) is 4.98 Å². The minimum Gasteiger partial charge on any atom is -0.493 e. The highest BCUT2D eigenvalue weighted by molar-refractivity contribution is 5.42. The second-order valence-electron chi connectivity index (χ2n) is 5.20. The highest BCUT2D eigenvalue weighted by atomic mass is 16.5. The molecule has 1 aromatic heterocycles. The maximum absolute atomic E-state index is 5.82. The van der Waals surface area contributed by atoms with Crippen LogP contribution in [0.4, 0.5) is 0 Å². The number of nitrogens with two attached hydrogens (primary N) is 1. The number of rotatable bonds is 7. The molecular formula is C15H24N2O3. The standard InChI is InChI=1S/C15H24N2O3/c1-18-14-6-7-17-13(15(14)19-2)10-20-9-12-5-3-4-11(12)8-16/h6-7,11-12H,3-5,8-10,16H2,1-2H3.